The second-order valence-corrected chi connectivity index (χ2v) is 7.29. The van der Waals surface area contributed by atoms with Gasteiger partial charge in [-0.1, -0.05) is 11.6 Å². The number of aromatic carboxylic acids is 1. The maximum Gasteiger partial charge on any atom is 0.337 e. The van der Waals surface area contributed by atoms with Gasteiger partial charge in [0.1, 0.15) is 0 Å². The Morgan fingerprint density at radius 3 is 2.74 bits per heavy atom. The van der Waals surface area contributed by atoms with Gasteiger partial charge < -0.3 is 10.0 Å². The molecule has 1 fully saturated rings. The van der Waals surface area contributed by atoms with Crippen LogP contribution in [0.2, 0.25) is 5.02 Å². The van der Waals surface area contributed by atoms with Crippen LogP contribution in [0.5, 0.6) is 0 Å². The zero-order valence-electron chi connectivity index (χ0n) is 10.3. The first-order valence-corrected chi connectivity index (χ1v) is 8.00. The fourth-order valence-electron chi connectivity index (χ4n) is 2.29. The number of benzene rings is 1. The van der Waals surface area contributed by atoms with Crippen molar-refractivity contribution in [3.63, 3.8) is 0 Å². The molecule has 5 nitrogen and oxygen atoms in total. The van der Waals surface area contributed by atoms with E-state index in [1.807, 2.05) is 0 Å². The molecule has 1 aromatic carbocycles. The van der Waals surface area contributed by atoms with Crippen molar-refractivity contribution in [2.24, 2.45) is 0 Å². The number of rotatable bonds is 2. The van der Waals surface area contributed by atoms with Crippen LogP contribution < -0.4 is 4.90 Å². The maximum atomic E-state index is 11.5. The van der Waals surface area contributed by atoms with Crippen LogP contribution in [-0.2, 0) is 9.84 Å². The van der Waals surface area contributed by atoms with Gasteiger partial charge in [-0.05, 0) is 25.1 Å². The Kier molecular flexibility index (Phi) is 3.73. The molecular weight excluding hydrogens is 290 g/mol. The van der Waals surface area contributed by atoms with Gasteiger partial charge in [0.05, 0.1) is 22.8 Å². The molecule has 0 saturated carbocycles. The van der Waals surface area contributed by atoms with Crippen LogP contribution in [0, 0.1) is 0 Å². The van der Waals surface area contributed by atoms with Crippen LogP contribution in [0.4, 0.5) is 5.69 Å². The summed E-state index contributed by atoms with van der Waals surface area (Å²) in [6.07, 6.45) is 0. The molecule has 2 rings (SSSR count). The van der Waals surface area contributed by atoms with E-state index in [1.54, 1.807) is 24.0 Å². The van der Waals surface area contributed by atoms with Crippen LogP contribution in [0.25, 0.3) is 0 Å². The van der Waals surface area contributed by atoms with E-state index in [-0.39, 0.29) is 23.1 Å². The topological polar surface area (TPSA) is 74.7 Å². The van der Waals surface area contributed by atoms with Crippen molar-refractivity contribution in [3.8, 4) is 0 Å². The zero-order valence-corrected chi connectivity index (χ0v) is 11.9. The molecule has 104 valence electrons. The summed E-state index contributed by atoms with van der Waals surface area (Å²) in [5.74, 6) is -0.994. The lowest BCUT2D eigenvalue weighted by Gasteiger charge is -2.35. The third-order valence-corrected chi connectivity index (χ3v) is 5.20. The highest BCUT2D eigenvalue weighted by Gasteiger charge is 2.30. The van der Waals surface area contributed by atoms with E-state index in [9.17, 15) is 18.3 Å². The zero-order chi connectivity index (χ0) is 14.2. The van der Waals surface area contributed by atoms with Gasteiger partial charge in [-0.3, -0.25) is 0 Å². The summed E-state index contributed by atoms with van der Waals surface area (Å²) >= 11 is 5.80. The number of nitrogens with zero attached hydrogens (tertiary/aromatic N) is 1. The minimum atomic E-state index is -3.03. The normalized spacial score (nSPS) is 22.2. The van der Waals surface area contributed by atoms with Crippen molar-refractivity contribution in [2.45, 2.75) is 13.0 Å². The summed E-state index contributed by atoms with van der Waals surface area (Å²) in [7, 11) is -3.03. The van der Waals surface area contributed by atoms with Crippen LogP contribution in [0.1, 0.15) is 17.3 Å². The van der Waals surface area contributed by atoms with Gasteiger partial charge >= 0.3 is 5.97 Å². The van der Waals surface area contributed by atoms with Crippen LogP contribution in [-0.4, -0.2) is 43.6 Å². The molecule has 0 bridgehead atoms. The molecule has 1 N–H and O–H groups in total. The molecule has 0 spiro atoms. The molecule has 1 aromatic rings. The van der Waals surface area contributed by atoms with E-state index in [2.05, 4.69) is 0 Å². The molecule has 1 atom stereocenters. The molecule has 0 radical (unpaired) electrons. The van der Waals surface area contributed by atoms with Crippen molar-refractivity contribution in [1.29, 1.82) is 0 Å². The summed E-state index contributed by atoms with van der Waals surface area (Å²) in [4.78, 5) is 13.1. The first kappa shape index (κ1) is 14.1. The van der Waals surface area contributed by atoms with Gasteiger partial charge in [-0.15, -0.1) is 0 Å². The van der Waals surface area contributed by atoms with Gasteiger partial charge in [0.15, 0.2) is 9.84 Å². The number of carbonyl (C=O) groups is 1. The molecule has 0 amide bonds. The number of sulfone groups is 1. The van der Waals surface area contributed by atoms with E-state index < -0.39 is 15.8 Å². The van der Waals surface area contributed by atoms with Gasteiger partial charge in [-0.25, -0.2) is 13.2 Å². The standard InChI is InChI=1S/C12H14ClNO4S/c1-8-7-19(17,18)5-4-14(8)11-3-2-9(13)6-10(11)12(15)16/h2-3,6,8H,4-5,7H2,1H3,(H,15,16). The number of halogens is 1. The largest absolute Gasteiger partial charge is 0.478 e. The Morgan fingerprint density at radius 1 is 1.47 bits per heavy atom. The van der Waals surface area contributed by atoms with E-state index in [0.29, 0.717) is 17.3 Å². The van der Waals surface area contributed by atoms with Crippen LogP contribution >= 0.6 is 11.6 Å². The van der Waals surface area contributed by atoms with Crippen LogP contribution in [0.3, 0.4) is 0 Å². The molecule has 0 aliphatic carbocycles. The van der Waals surface area contributed by atoms with E-state index in [1.165, 1.54) is 6.07 Å². The van der Waals surface area contributed by atoms with E-state index in [0.717, 1.165) is 0 Å². The molecule has 1 saturated heterocycles. The molecule has 1 aliphatic heterocycles. The summed E-state index contributed by atoms with van der Waals surface area (Å²) in [6, 6.07) is 4.37. The number of hydrogen-bond acceptors (Lipinski definition) is 4. The quantitative estimate of drug-likeness (QED) is 0.899. The van der Waals surface area contributed by atoms with Crippen molar-refractivity contribution < 1.29 is 18.3 Å². The van der Waals surface area contributed by atoms with Crippen molar-refractivity contribution in [3.05, 3.63) is 28.8 Å². The summed E-state index contributed by atoms with van der Waals surface area (Å²) in [6.45, 7) is 2.07. The highest BCUT2D eigenvalue weighted by atomic mass is 35.5. The second-order valence-electron chi connectivity index (χ2n) is 4.62. The number of carboxylic acids is 1. The van der Waals surface area contributed by atoms with Gasteiger partial charge in [-0.2, -0.15) is 0 Å². The fraction of sp³-hybridized carbons (Fsp3) is 0.417. The summed E-state index contributed by atoms with van der Waals surface area (Å²) in [5.41, 5.74) is 0.609. The van der Waals surface area contributed by atoms with E-state index >= 15 is 0 Å². The third-order valence-electron chi connectivity index (χ3n) is 3.17. The smallest absolute Gasteiger partial charge is 0.337 e. The first-order chi connectivity index (χ1) is 8.80. The van der Waals surface area contributed by atoms with Crippen molar-refractivity contribution in [2.75, 3.05) is 23.0 Å². The van der Waals surface area contributed by atoms with Gasteiger partial charge in [0.2, 0.25) is 0 Å². The fourth-order valence-corrected chi connectivity index (χ4v) is 4.02. The average Bonchev–Trinajstić information content (AvgIpc) is 2.28. The van der Waals surface area contributed by atoms with Gasteiger partial charge in [0.25, 0.3) is 0 Å². The Morgan fingerprint density at radius 2 is 2.16 bits per heavy atom. The Labute approximate surface area is 116 Å². The molecular formula is C12H14ClNO4S. The molecule has 19 heavy (non-hydrogen) atoms. The summed E-state index contributed by atoms with van der Waals surface area (Å²) in [5, 5.41) is 9.55. The molecule has 7 heteroatoms. The minimum absolute atomic E-state index is 0.0364. The SMILES string of the molecule is CC1CS(=O)(=O)CCN1c1ccc(Cl)cc1C(=O)O. The lowest BCUT2D eigenvalue weighted by molar-refractivity contribution is 0.0697. The maximum absolute atomic E-state index is 11.5. The van der Waals surface area contributed by atoms with Gasteiger partial charge in [0, 0.05) is 17.6 Å². The van der Waals surface area contributed by atoms with Crippen molar-refractivity contribution in [1.82, 2.24) is 0 Å². The Bertz CT molecular complexity index is 614. The number of anilines is 1. The number of carboxylic acid groups (broad SMARTS) is 1. The van der Waals surface area contributed by atoms with E-state index in [4.69, 9.17) is 11.6 Å². The second kappa shape index (κ2) is 5.02. The third kappa shape index (κ3) is 3.01. The molecule has 1 unspecified atom stereocenters. The van der Waals surface area contributed by atoms with Crippen LogP contribution in [0.15, 0.2) is 18.2 Å². The molecule has 1 heterocycles. The van der Waals surface area contributed by atoms with Crippen molar-refractivity contribution >= 4 is 33.1 Å². The highest BCUT2D eigenvalue weighted by Crippen LogP contribution is 2.28. The summed E-state index contributed by atoms with van der Waals surface area (Å²) < 4.78 is 23.1. The lowest BCUT2D eigenvalue weighted by atomic mass is 10.1. The average molecular weight is 304 g/mol. The molecule has 0 aromatic heterocycles. The highest BCUT2D eigenvalue weighted by molar-refractivity contribution is 7.91. The Hall–Kier alpha value is -1.27. The number of hydrogen-bond donors (Lipinski definition) is 1. The lowest BCUT2D eigenvalue weighted by Crippen LogP contribution is -2.47. The predicted octanol–water partition coefficient (Wildman–Crippen LogP) is 1.66. The predicted molar refractivity (Wildman–Crippen MR) is 73.9 cm³/mol. The molecule has 1 aliphatic rings. The Balaban J connectivity index is 2.40. The minimum Gasteiger partial charge on any atom is -0.478 e. The monoisotopic (exact) mass is 303 g/mol. The first-order valence-electron chi connectivity index (χ1n) is 5.80.